The van der Waals surface area contributed by atoms with E-state index in [1.54, 1.807) is 6.07 Å². The smallest absolute Gasteiger partial charge is 0.322 e. The van der Waals surface area contributed by atoms with Crippen molar-refractivity contribution in [3.05, 3.63) is 61.0 Å². The van der Waals surface area contributed by atoms with Crippen molar-refractivity contribution >= 4 is 45.3 Å². The molecular weight excluding hydrogens is 416 g/mol. The molecule has 0 saturated carbocycles. The van der Waals surface area contributed by atoms with Gasteiger partial charge in [-0.1, -0.05) is 11.3 Å². The molecule has 0 bridgehead atoms. The van der Waals surface area contributed by atoms with Crippen molar-refractivity contribution < 1.29 is 4.39 Å². The number of benzene rings is 2. The number of hydrogen-bond donors (Lipinski definition) is 2. The van der Waals surface area contributed by atoms with E-state index in [4.69, 9.17) is 0 Å². The third-order valence-electron chi connectivity index (χ3n) is 3.11. The highest BCUT2D eigenvalue weighted by Crippen LogP contribution is 2.32. The van der Waals surface area contributed by atoms with Gasteiger partial charge in [-0.3, -0.25) is 4.79 Å². The summed E-state index contributed by atoms with van der Waals surface area (Å²) in [7, 11) is 0. The molecule has 1 aromatic heterocycles. The molecular formula is C15H11FIN3OS. The number of nitrogens with zero attached hydrogens (tertiary/aromatic N) is 1. The first-order valence-corrected chi connectivity index (χ1v) is 8.31. The molecule has 0 radical (unpaired) electrons. The van der Waals surface area contributed by atoms with Gasteiger partial charge in [-0.2, -0.15) is 5.10 Å². The predicted molar refractivity (Wildman–Crippen MR) is 95.3 cm³/mol. The van der Waals surface area contributed by atoms with Gasteiger partial charge in [-0.05, 0) is 71.5 Å². The van der Waals surface area contributed by atoms with E-state index in [1.807, 2.05) is 25.1 Å². The zero-order valence-corrected chi connectivity index (χ0v) is 14.5. The average molecular weight is 427 g/mol. The third kappa shape index (κ3) is 3.20. The Balaban J connectivity index is 2.06. The number of hydrogen-bond acceptors (Lipinski definition) is 4. The van der Waals surface area contributed by atoms with E-state index in [1.165, 1.54) is 12.1 Å². The molecule has 0 amide bonds. The first kappa shape index (κ1) is 15.2. The molecule has 0 aliphatic rings. The second-order valence-corrected chi connectivity index (χ2v) is 6.90. The van der Waals surface area contributed by atoms with Crippen LogP contribution in [0.3, 0.4) is 0 Å². The summed E-state index contributed by atoms with van der Waals surface area (Å²) in [6, 6.07) is 10.3. The molecule has 2 N–H and O–H groups in total. The van der Waals surface area contributed by atoms with E-state index in [9.17, 15) is 9.18 Å². The summed E-state index contributed by atoms with van der Waals surface area (Å²) < 4.78 is 14.7. The monoisotopic (exact) mass is 427 g/mol. The first-order valence-electron chi connectivity index (χ1n) is 6.41. The van der Waals surface area contributed by atoms with Crippen LogP contribution < -0.4 is 10.2 Å². The minimum absolute atomic E-state index is 0.240. The molecule has 0 atom stereocenters. The number of aromatic amines is 1. The standard InChI is InChI=1S/C15H11FIN3OS/c1-8-6-10(17)3-5-12(8)18-13-7-9(16)2-4-11(13)14-19-20-15(21)22-14/h2-7,18H,1H3,(H,20,21). The summed E-state index contributed by atoms with van der Waals surface area (Å²) in [6.45, 7) is 1.98. The van der Waals surface area contributed by atoms with Gasteiger partial charge in [0.2, 0.25) is 0 Å². The lowest BCUT2D eigenvalue weighted by Crippen LogP contribution is -1.97. The molecule has 3 rings (SSSR count). The fourth-order valence-electron chi connectivity index (χ4n) is 2.06. The number of H-pyrrole nitrogens is 1. The highest BCUT2D eigenvalue weighted by atomic mass is 127. The second kappa shape index (κ2) is 6.17. The Bertz CT molecular complexity index is 890. The van der Waals surface area contributed by atoms with Gasteiger partial charge in [0.05, 0.1) is 5.69 Å². The highest BCUT2D eigenvalue weighted by molar-refractivity contribution is 14.1. The van der Waals surface area contributed by atoms with Crippen LogP contribution in [-0.2, 0) is 0 Å². The SMILES string of the molecule is Cc1cc(I)ccc1Nc1cc(F)ccc1-c1n[nH]c(=O)s1. The van der Waals surface area contributed by atoms with Crippen LogP contribution in [0.15, 0.2) is 41.2 Å². The Morgan fingerprint density at radius 3 is 2.73 bits per heavy atom. The molecule has 22 heavy (non-hydrogen) atoms. The topological polar surface area (TPSA) is 57.8 Å². The second-order valence-electron chi connectivity index (χ2n) is 4.69. The van der Waals surface area contributed by atoms with Crippen LogP contribution in [0, 0.1) is 16.3 Å². The normalized spacial score (nSPS) is 10.7. The van der Waals surface area contributed by atoms with Crippen LogP contribution in [0.2, 0.25) is 0 Å². The van der Waals surface area contributed by atoms with Gasteiger partial charge < -0.3 is 5.32 Å². The van der Waals surface area contributed by atoms with Crippen LogP contribution >= 0.6 is 33.9 Å². The summed E-state index contributed by atoms with van der Waals surface area (Å²) in [6.07, 6.45) is 0. The van der Waals surface area contributed by atoms with E-state index in [2.05, 4.69) is 38.1 Å². The fraction of sp³-hybridized carbons (Fsp3) is 0.0667. The van der Waals surface area contributed by atoms with Crippen molar-refractivity contribution in [2.24, 2.45) is 0 Å². The Morgan fingerprint density at radius 1 is 1.23 bits per heavy atom. The highest BCUT2D eigenvalue weighted by Gasteiger charge is 2.12. The van der Waals surface area contributed by atoms with E-state index in [0.717, 1.165) is 26.2 Å². The van der Waals surface area contributed by atoms with Gasteiger partial charge in [-0.15, -0.1) is 0 Å². The molecule has 4 nitrogen and oxygen atoms in total. The fourth-order valence-corrected chi connectivity index (χ4v) is 3.36. The van der Waals surface area contributed by atoms with Gasteiger partial charge in [0, 0.05) is 14.8 Å². The van der Waals surface area contributed by atoms with Crippen LogP contribution in [0.25, 0.3) is 10.6 Å². The largest absolute Gasteiger partial charge is 0.355 e. The van der Waals surface area contributed by atoms with Gasteiger partial charge >= 0.3 is 4.87 Å². The summed E-state index contributed by atoms with van der Waals surface area (Å²) in [5.41, 5.74) is 3.20. The van der Waals surface area contributed by atoms with E-state index in [0.29, 0.717) is 16.3 Å². The molecule has 7 heteroatoms. The summed E-state index contributed by atoms with van der Waals surface area (Å²) in [4.78, 5) is 11.1. The van der Waals surface area contributed by atoms with Crippen molar-refractivity contribution in [2.75, 3.05) is 5.32 Å². The Morgan fingerprint density at radius 2 is 2.05 bits per heavy atom. The molecule has 0 saturated heterocycles. The van der Waals surface area contributed by atoms with Crippen molar-refractivity contribution in [3.63, 3.8) is 0 Å². The van der Waals surface area contributed by atoms with Gasteiger partial charge in [0.25, 0.3) is 0 Å². The number of nitrogens with one attached hydrogen (secondary N) is 2. The molecule has 2 aromatic carbocycles. The van der Waals surface area contributed by atoms with Gasteiger partial charge in [0.1, 0.15) is 5.82 Å². The number of halogens is 2. The van der Waals surface area contributed by atoms with Crippen molar-refractivity contribution in [2.45, 2.75) is 6.92 Å². The van der Waals surface area contributed by atoms with Crippen LogP contribution in [0.1, 0.15) is 5.56 Å². The molecule has 0 fully saturated rings. The predicted octanol–water partition coefficient (Wildman–Crippen LogP) is 4.29. The van der Waals surface area contributed by atoms with E-state index >= 15 is 0 Å². The minimum atomic E-state index is -0.350. The van der Waals surface area contributed by atoms with Crippen LogP contribution in [-0.4, -0.2) is 10.2 Å². The molecule has 1 heterocycles. The maximum atomic E-state index is 13.6. The summed E-state index contributed by atoms with van der Waals surface area (Å²) in [5, 5.41) is 10.1. The number of aryl methyl sites for hydroxylation is 1. The lowest BCUT2D eigenvalue weighted by molar-refractivity contribution is 0.628. The molecule has 3 aromatic rings. The summed E-state index contributed by atoms with van der Waals surface area (Å²) in [5.74, 6) is -0.350. The van der Waals surface area contributed by atoms with Crippen LogP contribution in [0.5, 0.6) is 0 Å². The maximum Gasteiger partial charge on any atom is 0.322 e. The van der Waals surface area contributed by atoms with Gasteiger partial charge in [0.15, 0.2) is 5.01 Å². The molecule has 112 valence electrons. The minimum Gasteiger partial charge on any atom is -0.355 e. The van der Waals surface area contributed by atoms with Gasteiger partial charge in [-0.25, -0.2) is 9.49 Å². The van der Waals surface area contributed by atoms with Crippen molar-refractivity contribution in [1.82, 2.24) is 10.2 Å². The molecule has 0 unspecified atom stereocenters. The Labute approximate surface area is 143 Å². The van der Waals surface area contributed by atoms with E-state index < -0.39 is 0 Å². The van der Waals surface area contributed by atoms with Crippen molar-refractivity contribution in [1.29, 1.82) is 0 Å². The van der Waals surface area contributed by atoms with Crippen LogP contribution in [0.4, 0.5) is 15.8 Å². The molecule has 0 aliphatic heterocycles. The molecule has 0 aliphatic carbocycles. The maximum absolute atomic E-state index is 13.6. The average Bonchev–Trinajstić information content (AvgIpc) is 2.88. The zero-order valence-electron chi connectivity index (χ0n) is 11.5. The lowest BCUT2D eigenvalue weighted by atomic mass is 10.1. The Kier molecular flexibility index (Phi) is 4.25. The zero-order chi connectivity index (χ0) is 15.7. The number of aromatic nitrogens is 2. The number of rotatable bonds is 3. The third-order valence-corrected chi connectivity index (χ3v) is 4.56. The number of anilines is 2. The molecule has 0 spiro atoms. The summed E-state index contributed by atoms with van der Waals surface area (Å²) >= 11 is 3.23. The Hall–Kier alpha value is -1.74. The van der Waals surface area contributed by atoms with Crippen molar-refractivity contribution in [3.8, 4) is 10.6 Å². The lowest BCUT2D eigenvalue weighted by Gasteiger charge is -2.13. The van der Waals surface area contributed by atoms with E-state index in [-0.39, 0.29) is 10.7 Å². The first-order chi connectivity index (χ1) is 10.5. The quantitative estimate of drug-likeness (QED) is 0.614.